The molecule has 0 aliphatic carbocycles. The predicted octanol–water partition coefficient (Wildman–Crippen LogP) is 3.58. The van der Waals surface area contributed by atoms with Gasteiger partial charge < -0.3 is 20.4 Å². The molecule has 0 bridgehead atoms. The first-order valence-corrected chi connectivity index (χ1v) is 12.3. The van der Waals surface area contributed by atoms with Gasteiger partial charge in [0.15, 0.2) is 0 Å². The molecule has 0 unspecified atom stereocenters. The average molecular weight is 570 g/mol. The van der Waals surface area contributed by atoms with E-state index in [1.165, 1.54) is 41.0 Å². The van der Waals surface area contributed by atoms with Crippen LogP contribution in [0.25, 0.3) is 11.0 Å². The van der Waals surface area contributed by atoms with Gasteiger partial charge in [0.1, 0.15) is 11.6 Å². The fourth-order valence-electron chi connectivity index (χ4n) is 4.30. The van der Waals surface area contributed by atoms with Gasteiger partial charge >= 0.3 is 17.7 Å². The van der Waals surface area contributed by atoms with Gasteiger partial charge in [-0.05, 0) is 47.5 Å². The lowest BCUT2D eigenvalue weighted by atomic mass is 10.2. The number of halogens is 4. The number of rotatable bonds is 9. The van der Waals surface area contributed by atoms with E-state index in [-0.39, 0.29) is 31.5 Å². The van der Waals surface area contributed by atoms with E-state index < -0.39 is 29.3 Å². The summed E-state index contributed by atoms with van der Waals surface area (Å²) in [5.74, 6) is -0.653. The minimum atomic E-state index is -4.85. The lowest BCUT2D eigenvalue weighted by Crippen LogP contribution is -2.43. The molecule has 0 amide bonds. The maximum Gasteiger partial charge on any atom is 0.573 e. The number of fused-ring (bicyclic) bond motifs is 1. The summed E-state index contributed by atoms with van der Waals surface area (Å²) < 4.78 is 58.8. The third-order valence-electron chi connectivity index (χ3n) is 6.20. The zero-order valence-electron chi connectivity index (χ0n) is 21.3. The molecule has 0 aliphatic rings. The second-order valence-electron chi connectivity index (χ2n) is 9.03. The Morgan fingerprint density at radius 1 is 0.829 bits per heavy atom. The van der Waals surface area contributed by atoms with Gasteiger partial charge in [-0.2, -0.15) is 4.98 Å². The standard InChI is InChI=1S/C27H23F4N7O3/c28-19-9-5-17(6-10-19)16-38-25(39)35-24(33-13-14-36-22-4-2-1-3-21(22)34-23(36)32)37(26(38)40)15-18-7-11-20(12-8-18)41-27(29,30)31/h1-12H,13-16H2,(H2,32,34)(H,33,35,39). The van der Waals surface area contributed by atoms with Crippen LogP contribution in [-0.4, -0.2) is 36.6 Å². The summed E-state index contributed by atoms with van der Waals surface area (Å²) in [7, 11) is 0. The van der Waals surface area contributed by atoms with Gasteiger partial charge in [0, 0.05) is 13.1 Å². The lowest BCUT2D eigenvalue weighted by Gasteiger charge is -2.16. The van der Waals surface area contributed by atoms with Gasteiger partial charge in [-0.15, -0.1) is 13.2 Å². The number of alkyl halides is 3. The molecule has 0 aliphatic heterocycles. The minimum absolute atomic E-state index is 0.0473. The van der Waals surface area contributed by atoms with Gasteiger partial charge in [0.25, 0.3) is 0 Å². The minimum Gasteiger partial charge on any atom is -0.406 e. The lowest BCUT2D eigenvalue weighted by molar-refractivity contribution is -0.274. The highest BCUT2D eigenvalue weighted by Gasteiger charge is 2.31. The van der Waals surface area contributed by atoms with E-state index in [4.69, 9.17) is 5.73 Å². The topological polar surface area (TPSA) is 122 Å². The molecule has 3 aromatic carbocycles. The van der Waals surface area contributed by atoms with Crippen molar-refractivity contribution in [2.75, 3.05) is 17.6 Å². The molecular weight excluding hydrogens is 546 g/mol. The third kappa shape index (κ3) is 6.37. The molecule has 5 aromatic rings. The van der Waals surface area contributed by atoms with Crippen LogP contribution in [0.5, 0.6) is 5.75 Å². The molecule has 0 fully saturated rings. The van der Waals surface area contributed by atoms with Gasteiger partial charge in [0.05, 0.1) is 24.1 Å². The van der Waals surface area contributed by atoms with Crippen LogP contribution >= 0.6 is 0 Å². The summed E-state index contributed by atoms with van der Waals surface area (Å²) in [4.78, 5) is 34.8. The van der Waals surface area contributed by atoms with Crippen molar-refractivity contribution in [1.82, 2.24) is 23.7 Å². The molecule has 212 valence electrons. The molecular formula is C27H23F4N7O3. The fourth-order valence-corrected chi connectivity index (χ4v) is 4.30. The fraction of sp³-hybridized carbons (Fsp3) is 0.185. The number of para-hydroxylation sites is 2. The number of benzene rings is 3. The Kier molecular flexibility index (Phi) is 7.46. The van der Waals surface area contributed by atoms with E-state index in [0.29, 0.717) is 23.2 Å². The Labute approximate surface area is 229 Å². The number of nitrogens with zero attached hydrogens (tertiary/aromatic N) is 5. The Balaban J connectivity index is 1.45. The third-order valence-corrected chi connectivity index (χ3v) is 6.20. The number of anilines is 2. The summed E-state index contributed by atoms with van der Waals surface area (Å²) >= 11 is 0. The maximum absolute atomic E-state index is 13.5. The Hall–Kier alpha value is -5.14. The number of hydrogen-bond acceptors (Lipinski definition) is 7. The predicted molar refractivity (Wildman–Crippen MR) is 143 cm³/mol. The first-order chi connectivity index (χ1) is 19.6. The number of ether oxygens (including phenoxy) is 1. The molecule has 0 saturated heterocycles. The van der Waals surface area contributed by atoms with Crippen molar-refractivity contribution in [3.05, 3.63) is 111 Å². The van der Waals surface area contributed by atoms with Crippen molar-refractivity contribution < 1.29 is 22.3 Å². The first kappa shape index (κ1) is 27.4. The monoisotopic (exact) mass is 569 g/mol. The summed E-state index contributed by atoms with van der Waals surface area (Å²) in [5, 5.41) is 3.00. The van der Waals surface area contributed by atoms with Crippen molar-refractivity contribution in [3.8, 4) is 5.75 Å². The van der Waals surface area contributed by atoms with E-state index in [1.807, 2.05) is 24.3 Å². The zero-order valence-corrected chi connectivity index (χ0v) is 21.3. The second kappa shape index (κ2) is 11.2. The molecule has 2 heterocycles. The zero-order chi connectivity index (χ0) is 29.1. The summed E-state index contributed by atoms with van der Waals surface area (Å²) in [5.41, 5.74) is 6.96. The van der Waals surface area contributed by atoms with Gasteiger partial charge in [0.2, 0.25) is 11.9 Å². The first-order valence-electron chi connectivity index (χ1n) is 12.3. The van der Waals surface area contributed by atoms with Gasteiger partial charge in [-0.1, -0.05) is 36.4 Å². The van der Waals surface area contributed by atoms with E-state index in [0.717, 1.165) is 22.2 Å². The number of hydrogen-bond donors (Lipinski definition) is 2. The molecule has 5 rings (SSSR count). The van der Waals surface area contributed by atoms with E-state index >= 15 is 0 Å². The van der Waals surface area contributed by atoms with Crippen molar-refractivity contribution in [2.24, 2.45) is 0 Å². The molecule has 2 aromatic heterocycles. The molecule has 0 spiro atoms. The van der Waals surface area contributed by atoms with Crippen molar-refractivity contribution >= 4 is 22.9 Å². The van der Waals surface area contributed by atoms with Crippen molar-refractivity contribution in [3.63, 3.8) is 0 Å². The van der Waals surface area contributed by atoms with E-state index in [2.05, 4.69) is 20.0 Å². The van der Waals surface area contributed by atoms with Crippen LogP contribution in [-0.2, 0) is 19.6 Å². The largest absolute Gasteiger partial charge is 0.573 e. The number of imidazole rings is 1. The maximum atomic E-state index is 13.5. The highest BCUT2D eigenvalue weighted by atomic mass is 19.4. The molecule has 0 atom stereocenters. The molecule has 0 radical (unpaired) electrons. The highest BCUT2D eigenvalue weighted by Crippen LogP contribution is 2.23. The number of nitrogens with two attached hydrogens (primary N) is 1. The molecule has 41 heavy (non-hydrogen) atoms. The van der Waals surface area contributed by atoms with Crippen LogP contribution in [0.15, 0.2) is 82.4 Å². The van der Waals surface area contributed by atoms with Crippen LogP contribution in [0.1, 0.15) is 11.1 Å². The Morgan fingerprint density at radius 2 is 1.46 bits per heavy atom. The van der Waals surface area contributed by atoms with Crippen LogP contribution in [0, 0.1) is 5.82 Å². The van der Waals surface area contributed by atoms with Crippen LogP contribution in [0.4, 0.5) is 29.5 Å². The van der Waals surface area contributed by atoms with E-state index in [1.54, 1.807) is 4.57 Å². The van der Waals surface area contributed by atoms with Gasteiger partial charge in [-0.25, -0.2) is 23.5 Å². The van der Waals surface area contributed by atoms with Crippen LogP contribution in [0.3, 0.4) is 0 Å². The molecule has 14 heteroatoms. The molecule has 3 N–H and O–H groups in total. The van der Waals surface area contributed by atoms with Crippen molar-refractivity contribution in [1.29, 1.82) is 0 Å². The van der Waals surface area contributed by atoms with E-state index in [9.17, 15) is 27.2 Å². The smallest absolute Gasteiger partial charge is 0.406 e. The second-order valence-corrected chi connectivity index (χ2v) is 9.03. The number of nitrogen functional groups attached to an aromatic ring is 1. The normalized spacial score (nSPS) is 11.6. The highest BCUT2D eigenvalue weighted by molar-refractivity contribution is 5.78. The summed E-state index contributed by atoms with van der Waals surface area (Å²) in [6.45, 7) is 0.239. The number of nitrogens with one attached hydrogen (secondary N) is 1. The van der Waals surface area contributed by atoms with Crippen LogP contribution < -0.4 is 27.2 Å². The van der Waals surface area contributed by atoms with Crippen LogP contribution in [0.2, 0.25) is 0 Å². The SMILES string of the molecule is Nc1nc2ccccc2n1CCNc1nc(=O)n(Cc2ccc(F)cc2)c(=O)n1Cc1ccc(OC(F)(F)F)cc1. The number of aromatic nitrogens is 5. The quantitative estimate of drug-likeness (QED) is 0.260. The summed E-state index contributed by atoms with van der Waals surface area (Å²) in [6.07, 6.45) is -4.85. The van der Waals surface area contributed by atoms with Crippen molar-refractivity contribution in [2.45, 2.75) is 26.0 Å². The average Bonchev–Trinajstić information content (AvgIpc) is 3.24. The Morgan fingerprint density at radius 3 is 2.15 bits per heavy atom. The molecule has 0 saturated carbocycles. The molecule has 10 nitrogen and oxygen atoms in total. The van der Waals surface area contributed by atoms with Gasteiger partial charge in [-0.3, -0.25) is 4.57 Å². The Bertz CT molecular complexity index is 1790. The summed E-state index contributed by atoms with van der Waals surface area (Å²) in [6, 6.07) is 17.6.